The Morgan fingerprint density at radius 1 is 0.393 bits per heavy atom. The van der Waals surface area contributed by atoms with Crippen molar-refractivity contribution in [3.8, 4) is 90.9 Å². The molecule has 0 radical (unpaired) electrons. The minimum absolute atomic E-state index is 0.210. The first-order valence-electron chi connectivity index (χ1n) is 19.5. The summed E-state index contributed by atoms with van der Waals surface area (Å²) in [4.78, 5) is 14.4. The molecule has 8 aromatic carbocycles. The third-order valence-electron chi connectivity index (χ3n) is 11.2. The summed E-state index contributed by atoms with van der Waals surface area (Å²) in [7, 11) is 0. The first kappa shape index (κ1) is 35.9. The molecule has 10 heteroatoms. The number of thiophene rings is 1. The van der Waals surface area contributed by atoms with Crippen LogP contribution in [-0.2, 0) is 0 Å². The van der Waals surface area contributed by atoms with E-state index < -0.39 is 34.3 Å². The van der Waals surface area contributed by atoms with Crippen LogP contribution < -0.4 is 0 Å². The van der Waals surface area contributed by atoms with Crippen molar-refractivity contribution < 1.29 is 25.5 Å². The Kier molecular flexibility index (Phi) is 8.23. The van der Waals surface area contributed by atoms with Crippen LogP contribution in [0.1, 0.15) is 0 Å². The maximum absolute atomic E-state index is 11.1. The maximum Gasteiger partial charge on any atom is 0.208 e. The van der Waals surface area contributed by atoms with Gasteiger partial charge in [0.05, 0.1) is 21.4 Å². The number of rotatable bonds is 6. The van der Waals surface area contributed by atoms with Gasteiger partial charge in [0.25, 0.3) is 0 Å². The van der Waals surface area contributed by atoms with Crippen molar-refractivity contribution in [2.75, 3.05) is 0 Å². The van der Waals surface area contributed by atoms with Gasteiger partial charge >= 0.3 is 0 Å². The molecule has 3 aromatic heterocycles. The zero-order valence-corrected chi connectivity index (χ0v) is 32.8. The van der Waals surface area contributed by atoms with Crippen molar-refractivity contribution in [3.63, 3.8) is 0 Å². The van der Waals surface area contributed by atoms with Gasteiger partial charge in [-0.05, 0) is 58.7 Å². The lowest BCUT2D eigenvalue weighted by Gasteiger charge is -2.14. The highest BCUT2D eigenvalue weighted by molar-refractivity contribution is 7.26. The van der Waals surface area contributed by atoms with E-state index in [1.807, 2.05) is 78.9 Å². The summed E-state index contributed by atoms with van der Waals surface area (Å²) < 4.78 is 4.50. The van der Waals surface area contributed by atoms with Crippen LogP contribution in [0.4, 0.5) is 0 Å². The van der Waals surface area contributed by atoms with E-state index >= 15 is 0 Å². The molecule has 61 heavy (non-hydrogen) atoms. The first-order chi connectivity index (χ1) is 29.9. The topological polar surface area (TPSA) is 145 Å². The highest BCUT2D eigenvalue weighted by atomic mass is 32.1. The fourth-order valence-corrected chi connectivity index (χ4v) is 9.60. The van der Waals surface area contributed by atoms with E-state index in [4.69, 9.17) is 9.97 Å². The van der Waals surface area contributed by atoms with Crippen molar-refractivity contribution >= 4 is 53.3 Å². The van der Waals surface area contributed by atoms with Crippen LogP contribution in [0, 0.1) is 0 Å². The molecule has 0 fully saturated rings. The summed E-state index contributed by atoms with van der Waals surface area (Å²) in [5.74, 6) is -4.75. The standard InChI is InChI=1S/C51H32N4O5S/c56-43-42(44(57)46(59)47(60)45(43)58)51-53-49(52-50(54-51)34-18-8-7-17-31(34)28-13-3-1-4-14-28)30-25-26-40-36(27-30)33-21-12-24-39(48(33)61-40)55-37-22-10-9-19-35(37)41-32(20-11-23-38(41)55)29-15-5-2-6-16-29/h1-27,56-60H. The van der Waals surface area contributed by atoms with Crippen LogP contribution in [0.15, 0.2) is 164 Å². The second-order valence-electron chi connectivity index (χ2n) is 14.7. The molecule has 0 spiro atoms. The monoisotopic (exact) mass is 812 g/mol. The van der Waals surface area contributed by atoms with E-state index in [0.29, 0.717) is 11.1 Å². The van der Waals surface area contributed by atoms with Gasteiger partial charge in [-0.1, -0.05) is 127 Å². The van der Waals surface area contributed by atoms with E-state index in [0.717, 1.165) is 53.6 Å². The maximum atomic E-state index is 11.1. The summed E-state index contributed by atoms with van der Waals surface area (Å²) in [6.45, 7) is 0. The van der Waals surface area contributed by atoms with Gasteiger partial charge in [0.15, 0.2) is 29.0 Å². The zero-order chi connectivity index (χ0) is 41.4. The van der Waals surface area contributed by atoms with Gasteiger partial charge in [0.1, 0.15) is 5.56 Å². The second-order valence-corrected chi connectivity index (χ2v) is 15.8. The molecule has 0 amide bonds. The van der Waals surface area contributed by atoms with Crippen molar-refractivity contribution in [2.24, 2.45) is 0 Å². The minimum Gasteiger partial charge on any atom is -0.504 e. The number of aromatic nitrogens is 4. The molecule has 0 saturated heterocycles. The molecule has 3 heterocycles. The number of phenols is 5. The summed E-state index contributed by atoms with van der Waals surface area (Å²) in [6.07, 6.45) is 0. The van der Waals surface area contributed by atoms with E-state index in [2.05, 4.69) is 94.5 Å². The number of phenolic OH excluding ortho intramolecular Hbond substituents is 5. The fraction of sp³-hybridized carbons (Fsp3) is 0. The molecule has 0 atom stereocenters. The summed E-state index contributed by atoms with van der Waals surface area (Å²) in [6, 6.07) is 55.1. The summed E-state index contributed by atoms with van der Waals surface area (Å²) >= 11 is 1.70. The normalized spacial score (nSPS) is 11.6. The molecule has 9 nitrogen and oxygen atoms in total. The smallest absolute Gasteiger partial charge is 0.208 e. The second kappa shape index (κ2) is 14.0. The molecule has 5 N–H and O–H groups in total. The van der Waals surface area contributed by atoms with E-state index in [-0.39, 0.29) is 17.5 Å². The lowest BCUT2D eigenvalue weighted by molar-refractivity contribution is 0.329. The number of hydrogen-bond acceptors (Lipinski definition) is 9. The Hall–Kier alpha value is -8.21. The zero-order valence-electron chi connectivity index (χ0n) is 32.0. The third-order valence-corrected chi connectivity index (χ3v) is 12.4. The Bertz CT molecular complexity index is 3520. The molecule has 292 valence electrons. The quantitative estimate of drug-likeness (QED) is 0.0824. The Labute approximate surface area is 351 Å². The molecular weight excluding hydrogens is 781 g/mol. The van der Waals surface area contributed by atoms with Crippen LogP contribution in [0.3, 0.4) is 0 Å². The van der Waals surface area contributed by atoms with Gasteiger partial charge in [0.2, 0.25) is 17.2 Å². The lowest BCUT2D eigenvalue weighted by Crippen LogP contribution is -2.01. The number of hydrogen-bond donors (Lipinski definition) is 5. The molecule has 0 aliphatic carbocycles. The molecule has 0 saturated carbocycles. The van der Waals surface area contributed by atoms with E-state index in [1.54, 1.807) is 11.3 Å². The highest BCUT2D eigenvalue weighted by Gasteiger charge is 2.28. The first-order valence-corrected chi connectivity index (χ1v) is 20.3. The molecule has 0 aliphatic heterocycles. The summed E-state index contributed by atoms with van der Waals surface area (Å²) in [5.41, 5.74) is 8.10. The number of aromatic hydroxyl groups is 5. The van der Waals surface area contributed by atoms with Gasteiger partial charge in [-0.3, -0.25) is 0 Å². The highest BCUT2D eigenvalue weighted by Crippen LogP contribution is 2.54. The Morgan fingerprint density at radius 2 is 0.951 bits per heavy atom. The van der Waals surface area contributed by atoms with Crippen molar-refractivity contribution in [1.29, 1.82) is 0 Å². The van der Waals surface area contributed by atoms with Gasteiger partial charge in [-0.25, -0.2) is 15.0 Å². The molecular formula is C51H32N4O5S. The predicted octanol–water partition coefficient (Wildman–Crippen LogP) is 12.2. The third kappa shape index (κ3) is 5.65. The Balaban J connectivity index is 1.13. The van der Waals surface area contributed by atoms with Gasteiger partial charge in [0, 0.05) is 37.4 Å². The minimum atomic E-state index is -1.07. The van der Waals surface area contributed by atoms with E-state index in [9.17, 15) is 25.5 Å². The number of para-hydroxylation sites is 1. The largest absolute Gasteiger partial charge is 0.504 e. The SMILES string of the molecule is Oc1c(O)c(O)c(-c2nc(-c3ccc4sc5c(-n6c7ccccc7c7c(-c8ccccc8)cccc76)cccc5c4c3)nc(-c3ccccc3-c3ccccc3)n2)c(O)c1O. The van der Waals surface area contributed by atoms with Crippen LogP contribution in [0.5, 0.6) is 28.7 Å². The Morgan fingerprint density at radius 3 is 1.70 bits per heavy atom. The van der Waals surface area contributed by atoms with Crippen molar-refractivity contribution in [2.45, 2.75) is 0 Å². The average Bonchev–Trinajstić information content (AvgIpc) is 3.86. The van der Waals surface area contributed by atoms with Crippen molar-refractivity contribution in [1.82, 2.24) is 19.5 Å². The number of fused-ring (bicyclic) bond motifs is 6. The lowest BCUT2D eigenvalue weighted by atomic mass is 9.99. The van der Waals surface area contributed by atoms with Gasteiger partial charge in [-0.15, -0.1) is 11.3 Å². The number of benzene rings is 8. The van der Waals surface area contributed by atoms with Gasteiger partial charge in [-0.2, -0.15) is 0 Å². The molecule has 11 rings (SSSR count). The summed E-state index contributed by atoms with van der Waals surface area (Å²) in [5, 5.41) is 57.8. The molecule has 11 aromatic rings. The molecule has 0 unspecified atom stereocenters. The van der Waals surface area contributed by atoms with E-state index in [1.165, 1.54) is 16.3 Å². The van der Waals surface area contributed by atoms with Crippen LogP contribution in [0.2, 0.25) is 0 Å². The average molecular weight is 813 g/mol. The number of nitrogens with zero attached hydrogens (tertiary/aromatic N) is 4. The van der Waals surface area contributed by atoms with Crippen LogP contribution in [0.25, 0.3) is 104 Å². The predicted molar refractivity (Wildman–Crippen MR) is 243 cm³/mol. The molecule has 0 aliphatic rings. The molecule has 0 bridgehead atoms. The van der Waals surface area contributed by atoms with Crippen LogP contribution >= 0.6 is 11.3 Å². The van der Waals surface area contributed by atoms with Crippen LogP contribution in [-0.4, -0.2) is 45.1 Å². The van der Waals surface area contributed by atoms with Gasteiger partial charge < -0.3 is 30.1 Å². The fourth-order valence-electron chi connectivity index (χ4n) is 8.42. The van der Waals surface area contributed by atoms with Crippen molar-refractivity contribution in [3.05, 3.63) is 164 Å².